The van der Waals surface area contributed by atoms with E-state index in [2.05, 4.69) is 10.2 Å². The second kappa shape index (κ2) is 8.63. The molecule has 3 aromatic rings. The van der Waals surface area contributed by atoms with Gasteiger partial charge in [0.2, 0.25) is 0 Å². The molecule has 1 saturated heterocycles. The van der Waals surface area contributed by atoms with Crippen LogP contribution in [0.4, 0.5) is 13.2 Å². The summed E-state index contributed by atoms with van der Waals surface area (Å²) in [6, 6.07) is 13.6. The molecule has 1 fully saturated rings. The van der Waals surface area contributed by atoms with Crippen LogP contribution < -0.4 is 4.74 Å². The third kappa shape index (κ3) is 4.85. The van der Waals surface area contributed by atoms with Gasteiger partial charge in [-0.25, -0.2) is 0 Å². The van der Waals surface area contributed by atoms with Gasteiger partial charge >= 0.3 is 6.18 Å². The zero-order chi connectivity index (χ0) is 22.0. The van der Waals surface area contributed by atoms with Gasteiger partial charge in [-0.2, -0.15) is 18.3 Å². The summed E-state index contributed by atoms with van der Waals surface area (Å²) in [4.78, 5) is 14.5. The number of aromatic nitrogens is 2. The molecule has 162 valence electrons. The summed E-state index contributed by atoms with van der Waals surface area (Å²) in [6.45, 7) is 0.954. The molecule has 0 aliphatic carbocycles. The molecule has 2 aromatic carbocycles. The van der Waals surface area contributed by atoms with Crippen molar-refractivity contribution in [2.24, 2.45) is 0 Å². The maximum absolute atomic E-state index is 13.3. The zero-order valence-corrected chi connectivity index (χ0v) is 17.1. The fourth-order valence-electron chi connectivity index (χ4n) is 3.58. The van der Waals surface area contributed by atoms with Gasteiger partial charge in [0, 0.05) is 36.5 Å². The minimum absolute atomic E-state index is 0.0267. The second-order valence-electron chi connectivity index (χ2n) is 7.27. The Balaban J connectivity index is 1.41. The number of benzene rings is 2. The molecule has 31 heavy (non-hydrogen) atoms. The van der Waals surface area contributed by atoms with Crippen molar-refractivity contribution in [3.8, 4) is 17.0 Å². The highest BCUT2D eigenvalue weighted by Gasteiger charge is 2.34. The average molecular weight is 450 g/mol. The molecule has 0 bridgehead atoms. The normalized spacial score (nSPS) is 15.2. The number of hydrogen-bond acceptors (Lipinski definition) is 3. The van der Waals surface area contributed by atoms with Crippen molar-refractivity contribution in [3.05, 3.63) is 70.9 Å². The third-order valence-corrected chi connectivity index (χ3v) is 5.41. The molecule has 0 spiro atoms. The highest BCUT2D eigenvalue weighted by molar-refractivity contribution is 6.30. The van der Waals surface area contributed by atoms with Gasteiger partial charge in [-0.3, -0.25) is 9.89 Å². The summed E-state index contributed by atoms with van der Waals surface area (Å²) in [7, 11) is 0. The third-order valence-electron chi connectivity index (χ3n) is 5.16. The molecule has 0 atom stereocenters. The number of nitrogens with one attached hydrogen (secondary N) is 1. The lowest BCUT2D eigenvalue weighted by Crippen LogP contribution is -2.41. The lowest BCUT2D eigenvalue weighted by atomic mass is 10.0. The Labute approximate surface area is 181 Å². The van der Waals surface area contributed by atoms with Gasteiger partial charge in [-0.1, -0.05) is 29.8 Å². The van der Waals surface area contributed by atoms with Gasteiger partial charge in [-0.15, -0.1) is 0 Å². The summed E-state index contributed by atoms with van der Waals surface area (Å²) in [5, 5.41) is 7.16. The minimum atomic E-state index is -4.51. The molecule has 9 heteroatoms. The van der Waals surface area contributed by atoms with E-state index in [9.17, 15) is 18.0 Å². The summed E-state index contributed by atoms with van der Waals surface area (Å²) in [5.74, 6) is 0.420. The summed E-state index contributed by atoms with van der Waals surface area (Å²) in [6.07, 6.45) is -3.24. The van der Waals surface area contributed by atoms with Gasteiger partial charge in [0.1, 0.15) is 17.5 Å². The van der Waals surface area contributed by atoms with Crippen LogP contribution >= 0.6 is 11.6 Å². The SMILES string of the molecule is O=C(c1cc(-c2ccccc2C(F)(F)F)n[nH]1)N1CCC(Oc2ccc(Cl)cc2)CC1. The maximum atomic E-state index is 13.3. The number of piperidine rings is 1. The Morgan fingerprint density at radius 1 is 1.10 bits per heavy atom. The first-order valence-corrected chi connectivity index (χ1v) is 10.1. The summed E-state index contributed by atoms with van der Waals surface area (Å²) < 4.78 is 45.7. The maximum Gasteiger partial charge on any atom is 0.417 e. The molecular formula is C22H19ClF3N3O2. The van der Waals surface area contributed by atoms with Crippen molar-refractivity contribution in [1.82, 2.24) is 15.1 Å². The van der Waals surface area contributed by atoms with Crippen molar-refractivity contribution < 1.29 is 22.7 Å². The molecule has 2 heterocycles. The van der Waals surface area contributed by atoms with Gasteiger partial charge in [0.25, 0.3) is 5.91 Å². The van der Waals surface area contributed by atoms with E-state index in [1.807, 2.05) is 0 Å². The first-order valence-electron chi connectivity index (χ1n) is 9.75. The number of hydrogen-bond donors (Lipinski definition) is 1. The largest absolute Gasteiger partial charge is 0.490 e. The van der Waals surface area contributed by atoms with E-state index < -0.39 is 11.7 Å². The van der Waals surface area contributed by atoms with Crippen molar-refractivity contribution in [1.29, 1.82) is 0 Å². The molecule has 5 nitrogen and oxygen atoms in total. The number of carbonyl (C=O) groups is 1. The number of rotatable bonds is 4. The quantitative estimate of drug-likeness (QED) is 0.577. The fraction of sp³-hybridized carbons (Fsp3) is 0.273. The molecular weight excluding hydrogens is 431 g/mol. The smallest absolute Gasteiger partial charge is 0.417 e. The van der Waals surface area contributed by atoms with E-state index in [1.54, 1.807) is 29.2 Å². The van der Waals surface area contributed by atoms with Crippen LogP contribution in [0.15, 0.2) is 54.6 Å². The molecule has 1 amide bonds. The molecule has 0 radical (unpaired) electrons. The highest BCUT2D eigenvalue weighted by Crippen LogP contribution is 2.36. The standard InChI is InChI=1S/C22H19ClF3N3O2/c23-14-5-7-15(8-6-14)31-16-9-11-29(12-10-16)21(30)20-13-19(27-28-20)17-3-1-2-4-18(17)22(24,25)26/h1-8,13,16H,9-12H2,(H,27,28). The van der Waals surface area contributed by atoms with E-state index in [1.165, 1.54) is 24.3 Å². The molecule has 4 rings (SSSR count). The average Bonchev–Trinajstić information content (AvgIpc) is 3.25. The lowest BCUT2D eigenvalue weighted by molar-refractivity contribution is -0.137. The van der Waals surface area contributed by atoms with Crippen molar-refractivity contribution >= 4 is 17.5 Å². The van der Waals surface area contributed by atoms with E-state index in [0.29, 0.717) is 31.0 Å². The van der Waals surface area contributed by atoms with Gasteiger partial charge in [-0.05, 0) is 36.4 Å². The zero-order valence-electron chi connectivity index (χ0n) is 16.3. The Morgan fingerprint density at radius 3 is 2.45 bits per heavy atom. The summed E-state index contributed by atoms with van der Waals surface area (Å²) >= 11 is 5.87. The van der Waals surface area contributed by atoms with Crippen LogP contribution in [-0.4, -0.2) is 40.2 Å². The Morgan fingerprint density at radius 2 is 1.77 bits per heavy atom. The number of aromatic amines is 1. The highest BCUT2D eigenvalue weighted by atomic mass is 35.5. The van der Waals surface area contributed by atoms with Crippen LogP contribution in [0.1, 0.15) is 28.9 Å². The van der Waals surface area contributed by atoms with Crippen LogP contribution in [0.5, 0.6) is 5.75 Å². The number of halogens is 4. The van der Waals surface area contributed by atoms with Gasteiger partial charge in [0.15, 0.2) is 0 Å². The van der Waals surface area contributed by atoms with Crippen molar-refractivity contribution in [2.75, 3.05) is 13.1 Å². The molecule has 1 N–H and O–H groups in total. The van der Waals surface area contributed by atoms with Crippen molar-refractivity contribution in [3.63, 3.8) is 0 Å². The van der Waals surface area contributed by atoms with Crippen LogP contribution in [0.3, 0.4) is 0 Å². The lowest BCUT2D eigenvalue weighted by Gasteiger charge is -2.31. The van der Waals surface area contributed by atoms with E-state index in [4.69, 9.17) is 16.3 Å². The number of alkyl halides is 3. The van der Waals surface area contributed by atoms with Crippen LogP contribution in [0.2, 0.25) is 5.02 Å². The van der Waals surface area contributed by atoms with E-state index in [-0.39, 0.29) is 29.0 Å². The van der Waals surface area contributed by atoms with Gasteiger partial charge in [0.05, 0.1) is 11.3 Å². The first kappa shape index (κ1) is 21.2. The monoisotopic (exact) mass is 449 g/mol. The molecule has 0 saturated carbocycles. The number of carbonyl (C=O) groups excluding carboxylic acids is 1. The molecule has 1 aromatic heterocycles. The molecule has 0 unspecified atom stereocenters. The topological polar surface area (TPSA) is 58.2 Å². The van der Waals surface area contributed by atoms with E-state index in [0.717, 1.165) is 11.8 Å². The number of H-pyrrole nitrogens is 1. The van der Waals surface area contributed by atoms with Crippen LogP contribution in [0.25, 0.3) is 11.3 Å². The number of amides is 1. The first-order chi connectivity index (χ1) is 14.8. The Hall–Kier alpha value is -3.00. The van der Waals surface area contributed by atoms with Crippen LogP contribution in [-0.2, 0) is 6.18 Å². The van der Waals surface area contributed by atoms with Gasteiger partial charge < -0.3 is 9.64 Å². The van der Waals surface area contributed by atoms with Crippen LogP contribution in [0, 0.1) is 0 Å². The number of nitrogens with zero attached hydrogens (tertiary/aromatic N) is 2. The summed E-state index contributed by atoms with van der Waals surface area (Å²) in [5.41, 5.74) is -0.623. The Kier molecular flexibility index (Phi) is 5.91. The number of ether oxygens (including phenoxy) is 1. The molecule has 1 aliphatic heterocycles. The predicted octanol–water partition coefficient (Wildman–Crippen LogP) is 5.43. The van der Waals surface area contributed by atoms with Crippen molar-refractivity contribution in [2.45, 2.75) is 25.1 Å². The number of likely N-dealkylation sites (tertiary alicyclic amines) is 1. The predicted molar refractivity (Wildman–Crippen MR) is 110 cm³/mol. The fourth-order valence-corrected chi connectivity index (χ4v) is 3.70. The Bertz CT molecular complexity index is 1060. The second-order valence-corrected chi connectivity index (χ2v) is 7.71. The molecule has 1 aliphatic rings. The van der Waals surface area contributed by atoms with E-state index >= 15 is 0 Å². The minimum Gasteiger partial charge on any atom is -0.490 e.